The van der Waals surface area contributed by atoms with Gasteiger partial charge in [0.15, 0.2) is 0 Å². The summed E-state index contributed by atoms with van der Waals surface area (Å²) in [5, 5.41) is 15.8. The van der Waals surface area contributed by atoms with Gasteiger partial charge in [-0.3, -0.25) is 19.2 Å². The van der Waals surface area contributed by atoms with E-state index in [-0.39, 0.29) is 18.9 Å². The molecule has 0 aliphatic carbocycles. The highest BCUT2D eigenvalue weighted by Crippen LogP contribution is 2.06. The smallest absolute Gasteiger partial charge is 0.322 e. The van der Waals surface area contributed by atoms with Gasteiger partial charge in [0.1, 0.15) is 12.6 Å². The van der Waals surface area contributed by atoms with Crippen molar-refractivity contribution in [3.05, 3.63) is 18.2 Å². The summed E-state index contributed by atoms with van der Waals surface area (Å²) in [6.45, 7) is 1.22. The maximum Gasteiger partial charge on any atom is 0.322 e. The van der Waals surface area contributed by atoms with Gasteiger partial charge < -0.3 is 26.0 Å². The molecular weight excluding hydrogens is 366 g/mol. The molecular formula is C18H29N5O5. The summed E-state index contributed by atoms with van der Waals surface area (Å²) in [6.07, 6.45) is 8.60. The predicted molar refractivity (Wildman–Crippen MR) is 101 cm³/mol. The average molecular weight is 395 g/mol. The van der Waals surface area contributed by atoms with Crippen LogP contribution in [0, 0.1) is 0 Å². The van der Waals surface area contributed by atoms with Crippen molar-refractivity contribution in [1.82, 2.24) is 25.9 Å². The summed E-state index contributed by atoms with van der Waals surface area (Å²) in [7, 11) is 0. The fraction of sp³-hybridized carbons (Fsp3) is 0.611. The molecule has 1 aromatic rings. The van der Waals surface area contributed by atoms with E-state index in [9.17, 15) is 19.2 Å². The highest BCUT2D eigenvalue weighted by molar-refractivity contribution is 5.91. The number of aromatic amines is 1. The molecule has 0 bridgehead atoms. The number of H-pyrrole nitrogens is 1. The number of carbonyl (C=O) groups excluding carboxylic acids is 3. The van der Waals surface area contributed by atoms with Crippen molar-refractivity contribution in [3.63, 3.8) is 0 Å². The number of carbonyl (C=O) groups is 4. The van der Waals surface area contributed by atoms with Crippen molar-refractivity contribution in [3.8, 4) is 0 Å². The molecule has 10 heteroatoms. The maximum absolute atomic E-state index is 12.4. The van der Waals surface area contributed by atoms with Crippen LogP contribution < -0.4 is 16.0 Å². The Morgan fingerprint density at radius 3 is 2.46 bits per heavy atom. The zero-order chi connectivity index (χ0) is 20.8. The SMILES string of the molecule is CCCCCCCC(=O)N[C@@H](Cc1cnc[nH]1)C(=O)NCC(=O)NCC(=O)O. The van der Waals surface area contributed by atoms with Crippen molar-refractivity contribution in [2.45, 2.75) is 57.9 Å². The highest BCUT2D eigenvalue weighted by Gasteiger charge is 2.22. The summed E-state index contributed by atoms with van der Waals surface area (Å²) in [5.74, 6) is -2.56. The lowest BCUT2D eigenvalue weighted by Crippen LogP contribution is -2.50. The van der Waals surface area contributed by atoms with E-state index in [0.717, 1.165) is 32.1 Å². The van der Waals surface area contributed by atoms with Gasteiger partial charge in [-0.1, -0.05) is 32.6 Å². The molecule has 10 nitrogen and oxygen atoms in total. The first kappa shape index (κ1) is 23.1. The number of nitrogens with zero attached hydrogens (tertiary/aromatic N) is 1. The van der Waals surface area contributed by atoms with Gasteiger partial charge in [-0.25, -0.2) is 4.98 Å². The number of hydrogen-bond acceptors (Lipinski definition) is 5. The molecule has 1 rings (SSSR count). The van der Waals surface area contributed by atoms with Crippen LogP contribution in [0.15, 0.2) is 12.5 Å². The molecule has 5 N–H and O–H groups in total. The number of carboxylic acid groups (broad SMARTS) is 1. The van der Waals surface area contributed by atoms with Crippen molar-refractivity contribution >= 4 is 23.7 Å². The Morgan fingerprint density at radius 1 is 1.07 bits per heavy atom. The Balaban J connectivity index is 2.51. The molecule has 3 amide bonds. The third-order valence-corrected chi connectivity index (χ3v) is 4.00. The van der Waals surface area contributed by atoms with Gasteiger partial charge in [-0.15, -0.1) is 0 Å². The van der Waals surface area contributed by atoms with E-state index in [1.165, 1.54) is 6.33 Å². The number of hydrogen-bond donors (Lipinski definition) is 5. The molecule has 0 saturated carbocycles. The number of amides is 3. The topological polar surface area (TPSA) is 153 Å². The lowest BCUT2D eigenvalue weighted by atomic mass is 10.1. The Labute approximate surface area is 163 Å². The summed E-state index contributed by atoms with van der Waals surface area (Å²) >= 11 is 0. The van der Waals surface area contributed by atoms with Gasteiger partial charge >= 0.3 is 5.97 Å². The quantitative estimate of drug-likeness (QED) is 0.282. The van der Waals surface area contributed by atoms with Crippen molar-refractivity contribution in [1.29, 1.82) is 0 Å². The second-order valence-corrected chi connectivity index (χ2v) is 6.45. The summed E-state index contributed by atoms with van der Waals surface area (Å²) in [5.41, 5.74) is 0.665. The van der Waals surface area contributed by atoms with Crippen LogP contribution in [0.2, 0.25) is 0 Å². The molecule has 1 aromatic heterocycles. The number of carboxylic acids is 1. The number of nitrogens with one attached hydrogen (secondary N) is 4. The van der Waals surface area contributed by atoms with E-state index in [2.05, 4.69) is 32.8 Å². The molecule has 0 aromatic carbocycles. The first-order chi connectivity index (χ1) is 13.4. The summed E-state index contributed by atoms with van der Waals surface area (Å²) in [6, 6.07) is -0.865. The zero-order valence-electron chi connectivity index (χ0n) is 16.1. The molecule has 0 aliphatic rings. The van der Waals surface area contributed by atoms with E-state index in [4.69, 9.17) is 5.11 Å². The molecule has 28 heavy (non-hydrogen) atoms. The Morgan fingerprint density at radius 2 is 1.82 bits per heavy atom. The summed E-state index contributed by atoms with van der Waals surface area (Å²) < 4.78 is 0. The van der Waals surface area contributed by atoms with Crippen LogP contribution in [0.5, 0.6) is 0 Å². The first-order valence-corrected chi connectivity index (χ1v) is 9.45. The number of aromatic nitrogens is 2. The maximum atomic E-state index is 12.4. The fourth-order valence-electron chi connectivity index (χ4n) is 2.51. The molecule has 0 fully saturated rings. The van der Waals surface area contributed by atoms with Crippen molar-refractivity contribution in [2.75, 3.05) is 13.1 Å². The molecule has 156 valence electrons. The van der Waals surface area contributed by atoms with Crippen LogP contribution in [0.3, 0.4) is 0 Å². The number of rotatable bonds is 14. The average Bonchev–Trinajstić information content (AvgIpc) is 3.16. The van der Waals surface area contributed by atoms with Gasteiger partial charge in [0.25, 0.3) is 0 Å². The van der Waals surface area contributed by atoms with E-state index in [0.29, 0.717) is 12.1 Å². The lowest BCUT2D eigenvalue weighted by molar-refractivity contribution is -0.138. The molecule has 0 unspecified atom stereocenters. The van der Waals surface area contributed by atoms with Crippen LogP contribution in [-0.4, -0.2) is 57.9 Å². The molecule has 1 heterocycles. The van der Waals surface area contributed by atoms with Crippen LogP contribution in [0.1, 0.15) is 51.1 Å². The Hall–Kier alpha value is -2.91. The highest BCUT2D eigenvalue weighted by atomic mass is 16.4. The molecule has 0 aliphatic heterocycles. The number of aliphatic carboxylic acids is 1. The molecule has 0 saturated heterocycles. The monoisotopic (exact) mass is 395 g/mol. The van der Waals surface area contributed by atoms with E-state index >= 15 is 0 Å². The minimum absolute atomic E-state index is 0.199. The summed E-state index contributed by atoms with van der Waals surface area (Å²) in [4.78, 5) is 53.3. The largest absolute Gasteiger partial charge is 0.480 e. The van der Waals surface area contributed by atoms with E-state index in [1.54, 1.807) is 6.20 Å². The van der Waals surface area contributed by atoms with E-state index in [1.807, 2.05) is 0 Å². The minimum atomic E-state index is -1.18. The molecule has 0 radical (unpaired) electrons. The predicted octanol–water partition coefficient (Wildman–Crippen LogP) is 0.115. The third-order valence-electron chi connectivity index (χ3n) is 4.00. The zero-order valence-corrected chi connectivity index (χ0v) is 16.1. The number of unbranched alkanes of at least 4 members (excludes halogenated alkanes) is 4. The number of imidazole rings is 1. The second-order valence-electron chi connectivity index (χ2n) is 6.45. The minimum Gasteiger partial charge on any atom is -0.480 e. The standard InChI is InChI=1S/C18H29N5O5/c1-2-3-4-5-6-7-15(24)23-14(8-13-9-19-12-22-13)18(28)21-10-16(25)20-11-17(26)27/h9,12,14H,2-8,10-11H2,1H3,(H,19,22)(H,20,25)(H,21,28)(H,23,24)(H,26,27)/t14-/m0/s1. The van der Waals surface area contributed by atoms with Crippen molar-refractivity contribution in [2.24, 2.45) is 0 Å². The normalized spacial score (nSPS) is 11.5. The van der Waals surface area contributed by atoms with E-state index < -0.39 is 30.4 Å². The van der Waals surface area contributed by atoms with Gasteiger partial charge in [0.05, 0.1) is 12.9 Å². The van der Waals surface area contributed by atoms with Crippen LogP contribution in [0.25, 0.3) is 0 Å². The second kappa shape index (κ2) is 13.3. The Bertz CT molecular complexity index is 632. The molecule has 0 spiro atoms. The van der Waals surface area contributed by atoms with Gasteiger partial charge in [-0.2, -0.15) is 0 Å². The van der Waals surface area contributed by atoms with Crippen LogP contribution >= 0.6 is 0 Å². The third kappa shape index (κ3) is 10.3. The van der Waals surface area contributed by atoms with Gasteiger partial charge in [0.2, 0.25) is 17.7 Å². The van der Waals surface area contributed by atoms with Gasteiger partial charge in [0, 0.05) is 24.7 Å². The van der Waals surface area contributed by atoms with Crippen LogP contribution in [-0.2, 0) is 25.6 Å². The first-order valence-electron chi connectivity index (χ1n) is 9.45. The molecule has 1 atom stereocenters. The van der Waals surface area contributed by atoms with Crippen LogP contribution in [0.4, 0.5) is 0 Å². The van der Waals surface area contributed by atoms with Crippen molar-refractivity contribution < 1.29 is 24.3 Å². The Kier molecular flexibility index (Phi) is 11.0. The van der Waals surface area contributed by atoms with Gasteiger partial charge in [-0.05, 0) is 6.42 Å². The fourth-order valence-corrected chi connectivity index (χ4v) is 2.51. The lowest BCUT2D eigenvalue weighted by Gasteiger charge is -2.18.